The molecule has 0 amide bonds. The van der Waals surface area contributed by atoms with Crippen LogP contribution in [0.4, 0.5) is 0 Å². The Kier molecular flexibility index (Phi) is 6.87. The van der Waals surface area contributed by atoms with Gasteiger partial charge in [-0.3, -0.25) is 4.98 Å². The molecule has 3 saturated heterocycles. The maximum Gasteiger partial charge on any atom is 0.131 e. The first-order valence-corrected chi connectivity index (χ1v) is 11.9. The molecule has 3 nitrogen and oxygen atoms in total. The van der Waals surface area contributed by atoms with Gasteiger partial charge in [0.1, 0.15) is 18.7 Å². The Morgan fingerprint density at radius 2 is 2.03 bits per heavy atom. The number of piperidine rings is 3. The molecular formula is C26H28BrIN2O. The summed E-state index contributed by atoms with van der Waals surface area (Å²) in [4.78, 5) is 4.51. The van der Waals surface area contributed by atoms with Crippen LogP contribution in [0.25, 0.3) is 10.9 Å². The van der Waals surface area contributed by atoms with Gasteiger partial charge in [-0.05, 0) is 58.3 Å². The number of rotatable bonds is 5. The quantitative estimate of drug-likeness (QED) is 0.281. The molecule has 0 aliphatic carbocycles. The zero-order valence-electron chi connectivity index (χ0n) is 17.5. The maximum absolute atomic E-state index is 11.8. The topological polar surface area (TPSA) is 33.1 Å². The molecule has 3 fully saturated rings. The van der Waals surface area contributed by atoms with Gasteiger partial charge in [0.25, 0.3) is 0 Å². The minimum atomic E-state index is -0.491. The molecule has 5 atom stereocenters. The van der Waals surface area contributed by atoms with Crippen molar-refractivity contribution in [1.29, 1.82) is 0 Å². The molecule has 0 saturated carbocycles. The molecule has 1 aromatic heterocycles. The highest BCUT2D eigenvalue weighted by Crippen LogP contribution is 2.48. The molecule has 2 bridgehead atoms. The van der Waals surface area contributed by atoms with Crippen LogP contribution in [-0.2, 0) is 6.54 Å². The molecule has 6 rings (SSSR count). The molecule has 1 unspecified atom stereocenters. The zero-order chi connectivity index (χ0) is 20.7. The largest absolute Gasteiger partial charge is 1.00 e. The Morgan fingerprint density at radius 3 is 2.84 bits per heavy atom. The van der Waals surface area contributed by atoms with Gasteiger partial charge in [0, 0.05) is 39.5 Å². The Hall–Kier alpha value is -1.28. The van der Waals surface area contributed by atoms with Crippen LogP contribution in [0.3, 0.4) is 0 Å². The summed E-state index contributed by atoms with van der Waals surface area (Å²) in [5.41, 5.74) is 3.34. The maximum atomic E-state index is 11.8. The molecule has 3 aliphatic heterocycles. The molecule has 2 aromatic carbocycles. The number of hydrogen-bond acceptors (Lipinski definition) is 2. The fraction of sp³-hybridized carbons (Fsp3) is 0.346. The highest BCUT2D eigenvalue weighted by atomic mass is 127. The fourth-order valence-electron chi connectivity index (χ4n) is 5.96. The minimum absolute atomic E-state index is 0. The summed E-state index contributed by atoms with van der Waals surface area (Å²) in [6.07, 6.45) is 5.79. The summed E-state index contributed by atoms with van der Waals surface area (Å²) in [7, 11) is 0. The summed E-state index contributed by atoms with van der Waals surface area (Å²) in [6, 6.07) is 19.2. The monoisotopic (exact) mass is 590 g/mol. The minimum Gasteiger partial charge on any atom is -1.00 e. The van der Waals surface area contributed by atoms with Crippen molar-refractivity contribution in [1.82, 2.24) is 4.98 Å². The van der Waals surface area contributed by atoms with Crippen molar-refractivity contribution in [3.05, 3.63) is 88.1 Å². The van der Waals surface area contributed by atoms with Crippen LogP contribution in [0.2, 0.25) is 0 Å². The van der Waals surface area contributed by atoms with Gasteiger partial charge in [-0.2, -0.15) is 0 Å². The van der Waals surface area contributed by atoms with Crippen molar-refractivity contribution >= 4 is 33.5 Å². The molecule has 3 aliphatic rings. The van der Waals surface area contributed by atoms with Crippen LogP contribution in [0.15, 0.2) is 73.4 Å². The number of aliphatic hydroxyl groups excluding tert-OH is 1. The number of hydrogen-bond donors (Lipinski definition) is 1. The third-order valence-corrected chi connectivity index (χ3v) is 8.10. The van der Waals surface area contributed by atoms with E-state index in [0.717, 1.165) is 47.0 Å². The summed E-state index contributed by atoms with van der Waals surface area (Å²) >= 11 is 2.40. The average Bonchev–Trinajstić information content (AvgIpc) is 2.78. The number of para-hydroxylation sites is 1. The van der Waals surface area contributed by atoms with Crippen molar-refractivity contribution in [2.24, 2.45) is 11.8 Å². The van der Waals surface area contributed by atoms with E-state index in [4.69, 9.17) is 0 Å². The number of quaternary nitrogens is 1. The molecule has 5 heteroatoms. The van der Waals surface area contributed by atoms with E-state index in [1.165, 1.54) is 15.6 Å². The number of aliphatic hydroxyl groups is 1. The first kappa shape index (κ1) is 22.9. The molecule has 0 spiro atoms. The lowest BCUT2D eigenvalue weighted by Crippen LogP contribution is -3.00. The fourth-order valence-corrected chi connectivity index (χ4v) is 6.57. The van der Waals surface area contributed by atoms with Crippen molar-refractivity contribution in [2.75, 3.05) is 13.1 Å². The number of pyridine rings is 1. The van der Waals surface area contributed by atoms with Gasteiger partial charge in [-0.25, -0.2) is 0 Å². The van der Waals surface area contributed by atoms with Crippen molar-refractivity contribution in [3.63, 3.8) is 0 Å². The summed E-state index contributed by atoms with van der Waals surface area (Å²) in [5.74, 6) is 1.17. The first-order chi connectivity index (χ1) is 14.6. The molecule has 0 radical (unpaired) electrons. The average molecular weight is 591 g/mol. The van der Waals surface area contributed by atoms with E-state index in [1.807, 2.05) is 30.5 Å². The van der Waals surface area contributed by atoms with Gasteiger partial charge >= 0.3 is 0 Å². The van der Waals surface area contributed by atoms with Crippen LogP contribution < -0.4 is 17.0 Å². The SMILES string of the molecule is C=C[C@H]1C[N+]2(Cc3cccc(I)c3)CC[C@H]1C[C@@H]2[C@@H](O)c1ccnc2ccccc12.[Br-]. The van der Waals surface area contributed by atoms with Gasteiger partial charge in [0.2, 0.25) is 0 Å². The van der Waals surface area contributed by atoms with Crippen LogP contribution in [-0.4, -0.2) is 33.7 Å². The van der Waals surface area contributed by atoms with Crippen LogP contribution in [0.5, 0.6) is 0 Å². The van der Waals surface area contributed by atoms with E-state index in [1.54, 1.807) is 0 Å². The van der Waals surface area contributed by atoms with E-state index in [0.29, 0.717) is 11.8 Å². The number of fused-ring (bicyclic) bond motifs is 4. The third kappa shape index (κ3) is 4.22. The zero-order valence-corrected chi connectivity index (χ0v) is 21.2. The van der Waals surface area contributed by atoms with E-state index >= 15 is 0 Å². The predicted molar refractivity (Wildman–Crippen MR) is 130 cm³/mol. The second kappa shape index (κ2) is 9.30. The molecule has 162 valence electrons. The third-order valence-electron chi connectivity index (χ3n) is 7.43. The lowest BCUT2D eigenvalue weighted by molar-refractivity contribution is -0.984. The Balaban J connectivity index is 0.00000231. The van der Waals surface area contributed by atoms with Crippen LogP contribution in [0, 0.1) is 15.4 Å². The van der Waals surface area contributed by atoms with Gasteiger partial charge in [0.15, 0.2) is 0 Å². The molecular weight excluding hydrogens is 563 g/mol. The molecule has 1 N–H and O–H groups in total. The van der Waals surface area contributed by atoms with Crippen LogP contribution >= 0.6 is 22.6 Å². The van der Waals surface area contributed by atoms with Crippen molar-refractivity contribution in [2.45, 2.75) is 31.5 Å². The van der Waals surface area contributed by atoms with Gasteiger partial charge < -0.3 is 26.6 Å². The second-order valence-corrected chi connectivity index (χ2v) is 10.3. The lowest BCUT2D eigenvalue weighted by atomic mass is 9.71. The summed E-state index contributed by atoms with van der Waals surface area (Å²) in [5, 5.41) is 12.8. The smallest absolute Gasteiger partial charge is 0.131 e. The van der Waals surface area contributed by atoms with Crippen LogP contribution in [0.1, 0.15) is 30.1 Å². The number of benzene rings is 2. The number of halogens is 2. The second-order valence-electron chi connectivity index (χ2n) is 9.03. The Labute approximate surface area is 208 Å². The number of nitrogens with zero attached hydrogens (tertiary/aromatic N) is 2. The van der Waals surface area contributed by atoms with Gasteiger partial charge in [-0.1, -0.05) is 36.4 Å². The lowest BCUT2D eigenvalue weighted by Gasteiger charge is -2.58. The van der Waals surface area contributed by atoms with E-state index < -0.39 is 6.10 Å². The highest BCUT2D eigenvalue weighted by Gasteiger charge is 2.53. The molecule has 3 aromatic rings. The van der Waals surface area contributed by atoms with E-state index in [9.17, 15) is 5.11 Å². The summed E-state index contributed by atoms with van der Waals surface area (Å²) in [6.45, 7) is 7.32. The number of aromatic nitrogens is 1. The summed E-state index contributed by atoms with van der Waals surface area (Å²) < 4.78 is 2.22. The van der Waals surface area contributed by atoms with E-state index in [-0.39, 0.29) is 23.0 Å². The standard InChI is InChI=1S/C26H28IN2O.BrH/c1-2-19-17-29(16-18-6-5-7-21(27)14-18)13-11-20(19)15-25(29)26(30)23-10-12-28-24-9-4-3-8-22(23)24;/h2-10,12,14,19-20,25-26,30H,1,11,13,15-17H2;1H/q+1;/p-1/t19-,20-,25+,26-,29?;/m0./s1. The van der Waals surface area contributed by atoms with E-state index in [2.05, 4.69) is 70.6 Å². The van der Waals surface area contributed by atoms with Gasteiger partial charge in [-0.15, -0.1) is 6.58 Å². The molecule has 4 heterocycles. The normalized spacial score (nSPS) is 28.1. The Morgan fingerprint density at radius 1 is 1.19 bits per heavy atom. The molecule has 31 heavy (non-hydrogen) atoms. The highest BCUT2D eigenvalue weighted by molar-refractivity contribution is 14.1. The van der Waals surface area contributed by atoms with Gasteiger partial charge in [0.05, 0.1) is 18.6 Å². The Bertz CT molecular complexity index is 1080. The first-order valence-electron chi connectivity index (χ1n) is 10.8. The van der Waals surface area contributed by atoms with Crippen molar-refractivity contribution < 1.29 is 26.6 Å². The van der Waals surface area contributed by atoms with Crippen molar-refractivity contribution in [3.8, 4) is 0 Å². The predicted octanol–water partition coefficient (Wildman–Crippen LogP) is 2.49.